The zero-order valence-electron chi connectivity index (χ0n) is 13.4. The molecule has 2 aromatic rings. The van der Waals surface area contributed by atoms with Crippen LogP contribution in [-0.4, -0.2) is 33.2 Å². The highest BCUT2D eigenvalue weighted by Crippen LogP contribution is 2.27. The molecule has 0 bridgehead atoms. The SMILES string of the molecule is COc1ccc(Cl)cc1NC(=O)C[NH+](C)CCc1ccccc1. The molecule has 2 N–H and O–H groups in total. The Morgan fingerprint density at radius 2 is 1.96 bits per heavy atom. The summed E-state index contributed by atoms with van der Waals surface area (Å²) in [5, 5.41) is 3.42. The Bertz CT molecular complexity index is 647. The number of anilines is 1. The van der Waals surface area contributed by atoms with E-state index in [1.54, 1.807) is 25.3 Å². The molecule has 0 aliphatic carbocycles. The fourth-order valence-corrected chi connectivity index (χ4v) is 2.51. The number of rotatable bonds is 7. The molecule has 23 heavy (non-hydrogen) atoms. The van der Waals surface area contributed by atoms with Gasteiger partial charge in [-0.1, -0.05) is 41.9 Å². The summed E-state index contributed by atoms with van der Waals surface area (Å²) >= 11 is 5.97. The quantitative estimate of drug-likeness (QED) is 0.814. The Morgan fingerprint density at radius 3 is 2.65 bits per heavy atom. The lowest BCUT2D eigenvalue weighted by Crippen LogP contribution is -3.10. The molecule has 1 atom stereocenters. The lowest BCUT2D eigenvalue weighted by Gasteiger charge is -2.15. The van der Waals surface area contributed by atoms with E-state index in [2.05, 4.69) is 17.4 Å². The normalized spacial score (nSPS) is 11.8. The van der Waals surface area contributed by atoms with Crippen molar-refractivity contribution in [3.05, 3.63) is 59.1 Å². The monoisotopic (exact) mass is 333 g/mol. The van der Waals surface area contributed by atoms with Gasteiger partial charge in [-0.2, -0.15) is 0 Å². The number of quaternary nitrogens is 1. The van der Waals surface area contributed by atoms with E-state index < -0.39 is 0 Å². The maximum atomic E-state index is 12.2. The van der Waals surface area contributed by atoms with Crippen LogP contribution in [0.1, 0.15) is 5.56 Å². The van der Waals surface area contributed by atoms with Crippen LogP contribution >= 0.6 is 11.6 Å². The van der Waals surface area contributed by atoms with E-state index in [4.69, 9.17) is 16.3 Å². The number of carbonyl (C=O) groups is 1. The number of benzene rings is 2. The van der Waals surface area contributed by atoms with Crippen molar-refractivity contribution in [3.63, 3.8) is 0 Å². The van der Waals surface area contributed by atoms with Gasteiger partial charge < -0.3 is 15.0 Å². The van der Waals surface area contributed by atoms with E-state index in [-0.39, 0.29) is 5.91 Å². The molecule has 0 fully saturated rings. The molecule has 0 aliphatic rings. The molecule has 122 valence electrons. The fraction of sp³-hybridized carbons (Fsp3) is 0.278. The molecular weight excluding hydrogens is 312 g/mol. The van der Waals surface area contributed by atoms with Crippen molar-refractivity contribution >= 4 is 23.2 Å². The predicted molar refractivity (Wildman–Crippen MR) is 93.4 cm³/mol. The first-order chi connectivity index (χ1) is 11.1. The number of halogens is 1. The standard InChI is InChI=1S/C18H21ClN2O2/c1-21(11-10-14-6-4-3-5-7-14)13-18(22)20-16-12-15(19)8-9-17(16)23-2/h3-9,12H,10-11,13H2,1-2H3,(H,20,22)/p+1. The van der Waals surface area contributed by atoms with Gasteiger partial charge in [0, 0.05) is 11.4 Å². The fourth-order valence-electron chi connectivity index (χ4n) is 2.34. The topological polar surface area (TPSA) is 42.8 Å². The summed E-state index contributed by atoms with van der Waals surface area (Å²) in [6, 6.07) is 15.4. The van der Waals surface area contributed by atoms with Crippen LogP contribution in [0.2, 0.25) is 5.02 Å². The van der Waals surface area contributed by atoms with Crippen LogP contribution in [0.15, 0.2) is 48.5 Å². The van der Waals surface area contributed by atoms with E-state index >= 15 is 0 Å². The molecule has 0 aromatic heterocycles. The lowest BCUT2D eigenvalue weighted by molar-refractivity contribution is -0.870. The summed E-state index contributed by atoms with van der Waals surface area (Å²) < 4.78 is 5.23. The highest BCUT2D eigenvalue weighted by Gasteiger charge is 2.13. The van der Waals surface area contributed by atoms with E-state index in [0.29, 0.717) is 23.0 Å². The molecule has 0 aliphatic heterocycles. The van der Waals surface area contributed by atoms with Gasteiger partial charge in [0.15, 0.2) is 6.54 Å². The van der Waals surface area contributed by atoms with Crippen molar-refractivity contribution in [3.8, 4) is 5.75 Å². The van der Waals surface area contributed by atoms with Crippen molar-refractivity contribution < 1.29 is 14.4 Å². The molecule has 0 heterocycles. The number of carbonyl (C=O) groups excluding carboxylic acids is 1. The Morgan fingerprint density at radius 1 is 1.22 bits per heavy atom. The Labute approximate surface area is 142 Å². The number of amides is 1. The second-order valence-electron chi connectivity index (χ2n) is 5.51. The lowest BCUT2D eigenvalue weighted by atomic mass is 10.1. The first-order valence-electron chi connectivity index (χ1n) is 7.57. The predicted octanol–water partition coefficient (Wildman–Crippen LogP) is 2.04. The zero-order chi connectivity index (χ0) is 16.7. The van der Waals surface area contributed by atoms with Crippen LogP contribution in [-0.2, 0) is 11.2 Å². The van der Waals surface area contributed by atoms with Crippen LogP contribution in [0.4, 0.5) is 5.69 Å². The van der Waals surface area contributed by atoms with E-state index in [1.165, 1.54) is 5.56 Å². The summed E-state index contributed by atoms with van der Waals surface area (Å²) in [5.41, 5.74) is 1.88. The maximum Gasteiger partial charge on any atom is 0.279 e. The van der Waals surface area contributed by atoms with Crippen LogP contribution in [0.5, 0.6) is 5.75 Å². The van der Waals surface area contributed by atoms with Gasteiger partial charge in [0.25, 0.3) is 5.91 Å². The average Bonchev–Trinajstić information content (AvgIpc) is 2.54. The third kappa shape index (κ3) is 5.58. The Kier molecular flexibility index (Phi) is 6.44. The van der Waals surface area contributed by atoms with Gasteiger partial charge in [-0.05, 0) is 23.8 Å². The van der Waals surface area contributed by atoms with Crippen LogP contribution in [0, 0.1) is 0 Å². The minimum absolute atomic E-state index is 0.0591. The molecule has 2 aromatic carbocycles. The first-order valence-corrected chi connectivity index (χ1v) is 7.95. The summed E-state index contributed by atoms with van der Waals surface area (Å²) in [6.07, 6.45) is 0.945. The molecule has 0 radical (unpaired) electrons. The van der Waals surface area contributed by atoms with Gasteiger partial charge in [0.1, 0.15) is 5.75 Å². The first kappa shape index (κ1) is 17.3. The Balaban J connectivity index is 1.85. The van der Waals surface area contributed by atoms with Crippen LogP contribution in [0.3, 0.4) is 0 Å². The smallest absolute Gasteiger partial charge is 0.279 e. The molecule has 1 amide bonds. The highest BCUT2D eigenvalue weighted by molar-refractivity contribution is 6.31. The largest absolute Gasteiger partial charge is 0.495 e. The number of methoxy groups -OCH3 is 1. The molecule has 0 spiro atoms. The summed E-state index contributed by atoms with van der Waals surface area (Å²) in [4.78, 5) is 13.3. The Hall–Kier alpha value is -2.04. The number of hydrogen-bond donors (Lipinski definition) is 2. The average molecular weight is 334 g/mol. The van der Waals surface area contributed by atoms with Gasteiger partial charge in [-0.15, -0.1) is 0 Å². The molecule has 1 unspecified atom stereocenters. The third-order valence-corrected chi connectivity index (χ3v) is 3.82. The summed E-state index contributed by atoms with van der Waals surface area (Å²) in [5.74, 6) is 0.542. The van der Waals surface area contributed by atoms with Gasteiger partial charge >= 0.3 is 0 Å². The van der Waals surface area contributed by atoms with Gasteiger partial charge in [-0.3, -0.25) is 4.79 Å². The maximum absolute atomic E-state index is 12.2. The minimum atomic E-state index is -0.0591. The molecule has 0 saturated heterocycles. The number of ether oxygens (including phenoxy) is 1. The van der Waals surface area contributed by atoms with E-state index in [1.807, 2.05) is 25.2 Å². The summed E-state index contributed by atoms with van der Waals surface area (Å²) in [6.45, 7) is 1.28. The van der Waals surface area contributed by atoms with E-state index in [0.717, 1.165) is 17.9 Å². The number of hydrogen-bond acceptors (Lipinski definition) is 2. The second kappa shape index (κ2) is 8.56. The minimum Gasteiger partial charge on any atom is -0.495 e. The second-order valence-corrected chi connectivity index (χ2v) is 5.95. The molecular formula is C18H22ClN2O2+. The van der Waals surface area contributed by atoms with Gasteiger partial charge in [-0.25, -0.2) is 0 Å². The molecule has 5 heteroatoms. The molecule has 2 rings (SSSR count). The summed E-state index contributed by atoms with van der Waals surface area (Å²) in [7, 11) is 3.58. The van der Waals surface area contributed by atoms with Crippen molar-refractivity contribution in [1.29, 1.82) is 0 Å². The third-order valence-electron chi connectivity index (χ3n) is 3.58. The van der Waals surface area contributed by atoms with Crippen molar-refractivity contribution in [2.24, 2.45) is 0 Å². The van der Waals surface area contributed by atoms with Crippen LogP contribution < -0.4 is 15.0 Å². The van der Waals surface area contributed by atoms with Crippen LogP contribution in [0.25, 0.3) is 0 Å². The molecule has 4 nitrogen and oxygen atoms in total. The van der Waals surface area contributed by atoms with Crippen molar-refractivity contribution in [1.82, 2.24) is 0 Å². The number of nitrogens with one attached hydrogen (secondary N) is 2. The molecule has 0 saturated carbocycles. The van der Waals surface area contributed by atoms with Gasteiger partial charge in [0.05, 0.1) is 26.4 Å². The highest BCUT2D eigenvalue weighted by atomic mass is 35.5. The van der Waals surface area contributed by atoms with Crippen molar-refractivity contribution in [2.45, 2.75) is 6.42 Å². The number of likely N-dealkylation sites (N-methyl/N-ethyl adjacent to an activating group) is 1. The van der Waals surface area contributed by atoms with E-state index in [9.17, 15) is 4.79 Å². The van der Waals surface area contributed by atoms with Crippen molar-refractivity contribution in [2.75, 3.05) is 32.6 Å². The van der Waals surface area contributed by atoms with Gasteiger partial charge in [0.2, 0.25) is 0 Å². The zero-order valence-corrected chi connectivity index (χ0v) is 14.2.